The Balaban J connectivity index is 2.23. The minimum absolute atomic E-state index is 0.0634. The van der Waals surface area contributed by atoms with Gasteiger partial charge in [-0.15, -0.1) is 0 Å². The van der Waals surface area contributed by atoms with Crippen LogP contribution in [0.1, 0.15) is 17.3 Å². The molecule has 3 N–H and O–H groups in total. The van der Waals surface area contributed by atoms with Gasteiger partial charge in [-0.3, -0.25) is 16.3 Å². The van der Waals surface area contributed by atoms with E-state index in [9.17, 15) is 0 Å². The molecule has 106 valence electrons. The molecule has 1 aromatic heterocycles. The number of nitrogens with zero attached hydrogens (tertiary/aromatic N) is 1. The van der Waals surface area contributed by atoms with Gasteiger partial charge in [0, 0.05) is 15.1 Å². The van der Waals surface area contributed by atoms with Crippen LogP contribution in [0.4, 0.5) is 0 Å². The van der Waals surface area contributed by atoms with Gasteiger partial charge < -0.3 is 4.74 Å². The number of aromatic nitrogens is 1. The highest BCUT2D eigenvalue weighted by Crippen LogP contribution is 2.27. The van der Waals surface area contributed by atoms with Gasteiger partial charge in [0.2, 0.25) is 0 Å². The highest BCUT2D eigenvalue weighted by molar-refractivity contribution is 9.10. The van der Waals surface area contributed by atoms with Gasteiger partial charge in [-0.25, -0.2) is 0 Å². The molecule has 0 aliphatic heterocycles. The quantitative estimate of drug-likeness (QED) is 0.596. The zero-order chi connectivity index (χ0) is 14.5. The lowest BCUT2D eigenvalue weighted by molar-refractivity contribution is 0.413. The first kappa shape index (κ1) is 15.4. The van der Waals surface area contributed by atoms with Gasteiger partial charge in [-0.2, -0.15) is 0 Å². The number of pyridine rings is 1. The van der Waals surface area contributed by atoms with E-state index in [0.717, 1.165) is 26.0 Å². The lowest BCUT2D eigenvalue weighted by Crippen LogP contribution is -2.30. The molecule has 0 amide bonds. The molecule has 0 saturated carbocycles. The molecule has 0 bridgehead atoms. The molecule has 4 nitrogen and oxygen atoms in total. The van der Waals surface area contributed by atoms with Crippen LogP contribution in [0.3, 0.4) is 0 Å². The average Bonchev–Trinajstić information content (AvgIpc) is 2.47. The van der Waals surface area contributed by atoms with Gasteiger partial charge >= 0.3 is 0 Å². The molecule has 0 aliphatic carbocycles. The maximum atomic E-state index is 5.66. The van der Waals surface area contributed by atoms with Crippen LogP contribution in [0.5, 0.6) is 5.75 Å². The number of rotatable bonds is 5. The molecule has 0 fully saturated rings. The summed E-state index contributed by atoms with van der Waals surface area (Å²) in [5.41, 5.74) is 4.81. The molecule has 0 saturated heterocycles. The summed E-state index contributed by atoms with van der Waals surface area (Å²) >= 11 is 6.93. The first-order valence-electron chi connectivity index (χ1n) is 6.04. The van der Waals surface area contributed by atoms with Gasteiger partial charge in [-0.05, 0) is 58.2 Å². The zero-order valence-corrected chi connectivity index (χ0v) is 14.1. The maximum absolute atomic E-state index is 5.66. The Hall–Kier alpha value is -0.950. The topological polar surface area (TPSA) is 60.2 Å². The first-order chi connectivity index (χ1) is 9.63. The van der Waals surface area contributed by atoms with Gasteiger partial charge in [0.1, 0.15) is 5.75 Å². The van der Waals surface area contributed by atoms with Crippen LogP contribution in [0.15, 0.2) is 45.5 Å². The minimum atomic E-state index is -0.0634. The fourth-order valence-corrected chi connectivity index (χ4v) is 2.54. The van der Waals surface area contributed by atoms with Crippen molar-refractivity contribution in [2.45, 2.75) is 12.5 Å². The molecule has 0 spiro atoms. The summed E-state index contributed by atoms with van der Waals surface area (Å²) in [7, 11) is 1.65. The smallest absolute Gasteiger partial charge is 0.119 e. The van der Waals surface area contributed by atoms with Crippen molar-refractivity contribution >= 4 is 31.9 Å². The van der Waals surface area contributed by atoms with Crippen molar-refractivity contribution in [2.24, 2.45) is 5.84 Å². The molecule has 1 aromatic carbocycles. The fraction of sp³-hybridized carbons (Fsp3) is 0.214. The summed E-state index contributed by atoms with van der Waals surface area (Å²) < 4.78 is 7.22. The van der Waals surface area contributed by atoms with Crippen LogP contribution in [-0.2, 0) is 6.42 Å². The minimum Gasteiger partial charge on any atom is -0.497 e. The number of benzene rings is 1. The maximum Gasteiger partial charge on any atom is 0.119 e. The molecule has 6 heteroatoms. The number of hydrogen-bond acceptors (Lipinski definition) is 4. The van der Waals surface area contributed by atoms with E-state index in [4.69, 9.17) is 10.6 Å². The molecule has 1 atom stereocenters. The molecular formula is C14H15Br2N3O. The molecule has 20 heavy (non-hydrogen) atoms. The Kier molecular flexibility index (Phi) is 5.54. The van der Waals surface area contributed by atoms with Gasteiger partial charge in [-0.1, -0.05) is 15.9 Å². The lowest BCUT2D eigenvalue weighted by atomic mass is 10.0. The SMILES string of the molecule is COc1ccc(Br)c(CC(NN)c2ccc(Br)cn2)c1. The number of nitrogens with one attached hydrogen (secondary N) is 1. The van der Waals surface area contributed by atoms with Gasteiger partial charge in [0.05, 0.1) is 18.8 Å². The summed E-state index contributed by atoms with van der Waals surface area (Å²) in [5, 5.41) is 0. The van der Waals surface area contributed by atoms with Crippen molar-refractivity contribution in [2.75, 3.05) is 7.11 Å². The number of nitrogens with two attached hydrogens (primary N) is 1. The molecular weight excluding hydrogens is 386 g/mol. The molecule has 0 aliphatic rings. The third kappa shape index (κ3) is 3.79. The van der Waals surface area contributed by atoms with E-state index in [0.29, 0.717) is 6.42 Å². The number of halogens is 2. The second-order valence-electron chi connectivity index (χ2n) is 4.28. The fourth-order valence-electron chi connectivity index (χ4n) is 1.90. The van der Waals surface area contributed by atoms with Crippen molar-refractivity contribution in [1.29, 1.82) is 0 Å². The number of hydrogen-bond donors (Lipinski definition) is 2. The van der Waals surface area contributed by atoms with Crippen molar-refractivity contribution in [3.8, 4) is 5.75 Å². The first-order valence-corrected chi connectivity index (χ1v) is 7.62. The Morgan fingerprint density at radius 1 is 1.30 bits per heavy atom. The van der Waals surface area contributed by atoms with Gasteiger partial charge in [0.15, 0.2) is 0 Å². The highest BCUT2D eigenvalue weighted by atomic mass is 79.9. The van der Waals surface area contributed by atoms with Crippen LogP contribution in [-0.4, -0.2) is 12.1 Å². The van der Waals surface area contributed by atoms with E-state index in [1.54, 1.807) is 13.3 Å². The lowest BCUT2D eigenvalue weighted by Gasteiger charge is -2.17. The predicted octanol–water partition coefficient (Wildman–Crippen LogP) is 3.36. The van der Waals surface area contributed by atoms with Crippen LogP contribution >= 0.6 is 31.9 Å². The van der Waals surface area contributed by atoms with Crippen molar-refractivity contribution in [3.05, 3.63) is 56.7 Å². The standard InChI is InChI=1S/C14H15Br2N3O/c1-20-11-3-4-12(16)9(6-11)7-14(19-17)13-5-2-10(15)8-18-13/h2-6,8,14,19H,7,17H2,1H3. The molecule has 0 radical (unpaired) electrons. The third-order valence-electron chi connectivity index (χ3n) is 2.99. The van der Waals surface area contributed by atoms with Crippen LogP contribution in [0.2, 0.25) is 0 Å². The van der Waals surface area contributed by atoms with Crippen LogP contribution in [0, 0.1) is 0 Å². The molecule has 1 unspecified atom stereocenters. The van der Waals surface area contributed by atoms with Crippen molar-refractivity contribution in [3.63, 3.8) is 0 Å². The third-order valence-corrected chi connectivity index (χ3v) is 4.23. The second kappa shape index (κ2) is 7.17. The van der Waals surface area contributed by atoms with Crippen LogP contribution < -0.4 is 16.0 Å². The largest absolute Gasteiger partial charge is 0.497 e. The van der Waals surface area contributed by atoms with Crippen LogP contribution in [0.25, 0.3) is 0 Å². The van der Waals surface area contributed by atoms with E-state index < -0.39 is 0 Å². The average molecular weight is 401 g/mol. The molecule has 2 rings (SSSR count). The normalized spacial score (nSPS) is 12.2. The van der Waals surface area contributed by atoms with E-state index in [1.165, 1.54) is 0 Å². The number of hydrazine groups is 1. The summed E-state index contributed by atoms with van der Waals surface area (Å²) in [6, 6.07) is 9.71. The Morgan fingerprint density at radius 3 is 2.70 bits per heavy atom. The van der Waals surface area contributed by atoms with Gasteiger partial charge in [0.25, 0.3) is 0 Å². The predicted molar refractivity (Wildman–Crippen MR) is 86.4 cm³/mol. The van der Waals surface area contributed by atoms with Crippen molar-refractivity contribution < 1.29 is 4.74 Å². The van der Waals surface area contributed by atoms with Crippen molar-refractivity contribution in [1.82, 2.24) is 10.4 Å². The Labute approximate surface area is 135 Å². The monoisotopic (exact) mass is 399 g/mol. The van der Waals surface area contributed by atoms with E-state index in [1.807, 2.05) is 30.3 Å². The second-order valence-corrected chi connectivity index (χ2v) is 6.05. The molecule has 1 heterocycles. The Morgan fingerprint density at radius 2 is 2.10 bits per heavy atom. The summed E-state index contributed by atoms with van der Waals surface area (Å²) in [6.07, 6.45) is 2.48. The zero-order valence-electron chi connectivity index (χ0n) is 10.9. The summed E-state index contributed by atoms with van der Waals surface area (Å²) in [6.45, 7) is 0. The Bertz CT molecular complexity index is 575. The number of methoxy groups -OCH3 is 1. The number of ether oxygens (including phenoxy) is 1. The van der Waals surface area contributed by atoms with E-state index in [-0.39, 0.29) is 6.04 Å². The van der Waals surface area contributed by atoms with E-state index in [2.05, 4.69) is 42.3 Å². The highest BCUT2D eigenvalue weighted by Gasteiger charge is 2.14. The summed E-state index contributed by atoms with van der Waals surface area (Å²) in [4.78, 5) is 4.38. The summed E-state index contributed by atoms with van der Waals surface area (Å²) in [5.74, 6) is 6.49. The van der Waals surface area contributed by atoms with E-state index >= 15 is 0 Å². The molecule has 2 aromatic rings.